The van der Waals surface area contributed by atoms with Crippen LogP contribution in [0.5, 0.6) is 0 Å². The van der Waals surface area contributed by atoms with Gasteiger partial charge in [0, 0.05) is 12.3 Å². The Bertz CT molecular complexity index is 1200. The number of hydrogen-bond donors (Lipinski definition) is 1. The maximum absolute atomic E-state index is 13.2. The average Bonchev–Trinajstić information content (AvgIpc) is 2.94. The number of carbonyl (C=O) groups excluding carboxylic acids is 2. The van der Waals surface area contributed by atoms with Crippen LogP contribution >= 0.6 is 0 Å². The fourth-order valence-corrected chi connectivity index (χ4v) is 3.88. The smallest absolute Gasteiger partial charge is 0.319 e. The van der Waals surface area contributed by atoms with E-state index in [2.05, 4.69) is 17.2 Å². The van der Waals surface area contributed by atoms with Gasteiger partial charge < -0.3 is 5.32 Å². The number of nitrogens with zero attached hydrogens (tertiary/aromatic N) is 3. The molecule has 30 heavy (non-hydrogen) atoms. The van der Waals surface area contributed by atoms with Crippen molar-refractivity contribution in [1.82, 2.24) is 19.6 Å². The summed E-state index contributed by atoms with van der Waals surface area (Å²) in [6.07, 6.45) is 3.65. The zero-order chi connectivity index (χ0) is 21.5. The normalized spacial score (nSPS) is 18.8. The molecule has 2 aromatic heterocycles. The quantitative estimate of drug-likeness (QED) is 0.663. The first-order valence-corrected chi connectivity index (χ1v) is 10.0. The van der Waals surface area contributed by atoms with E-state index in [1.807, 2.05) is 37.3 Å². The molecule has 7 heteroatoms. The standard InChI is InChI=1S/C23H24N4O3/c1-4-6-16-8-10-17(11-9-16)23(3)21(29)27(22(30)25-23)14-18-13-19(28)26-12-5-7-15(2)20(26)24-18/h5,7-13H,4,6,14H2,1-3H3,(H,25,30). The summed E-state index contributed by atoms with van der Waals surface area (Å²) >= 11 is 0. The second-order valence-corrected chi connectivity index (χ2v) is 7.86. The van der Waals surface area contributed by atoms with E-state index in [1.54, 1.807) is 19.2 Å². The van der Waals surface area contributed by atoms with E-state index in [0.717, 1.165) is 28.9 Å². The van der Waals surface area contributed by atoms with Gasteiger partial charge in [-0.3, -0.25) is 18.9 Å². The Labute approximate surface area is 174 Å². The van der Waals surface area contributed by atoms with Crippen LogP contribution in [-0.2, 0) is 23.3 Å². The van der Waals surface area contributed by atoms with Crippen molar-refractivity contribution in [3.63, 3.8) is 0 Å². The van der Waals surface area contributed by atoms with Crippen LogP contribution < -0.4 is 10.9 Å². The van der Waals surface area contributed by atoms with Crippen molar-refractivity contribution >= 4 is 17.6 Å². The van der Waals surface area contributed by atoms with E-state index in [0.29, 0.717) is 11.3 Å². The highest BCUT2D eigenvalue weighted by Gasteiger charge is 2.49. The van der Waals surface area contributed by atoms with Crippen molar-refractivity contribution < 1.29 is 9.59 Å². The first kappa shape index (κ1) is 19.8. The second kappa shape index (κ2) is 7.40. The molecule has 1 aromatic carbocycles. The van der Waals surface area contributed by atoms with E-state index in [4.69, 9.17) is 0 Å². The Balaban J connectivity index is 1.64. The molecular weight excluding hydrogens is 380 g/mol. The van der Waals surface area contributed by atoms with Crippen molar-refractivity contribution in [3.8, 4) is 0 Å². The number of hydrogen-bond acceptors (Lipinski definition) is 4. The molecule has 7 nitrogen and oxygen atoms in total. The van der Waals surface area contributed by atoms with Crippen LogP contribution in [0.1, 0.15) is 42.7 Å². The lowest BCUT2D eigenvalue weighted by atomic mass is 9.91. The Morgan fingerprint density at radius 2 is 1.83 bits per heavy atom. The molecule has 0 saturated carbocycles. The van der Waals surface area contributed by atoms with E-state index in [-0.39, 0.29) is 18.0 Å². The minimum atomic E-state index is -1.15. The van der Waals surface area contributed by atoms with Crippen molar-refractivity contribution in [1.29, 1.82) is 0 Å². The van der Waals surface area contributed by atoms with Crippen molar-refractivity contribution in [3.05, 3.63) is 81.4 Å². The van der Waals surface area contributed by atoms with E-state index in [9.17, 15) is 14.4 Å². The third kappa shape index (κ3) is 3.26. The number of aryl methyl sites for hydroxylation is 2. The Kier molecular flexibility index (Phi) is 4.89. The number of pyridine rings is 1. The SMILES string of the molecule is CCCc1ccc(C2(C)NC(=O)N(Cc3cc(=O)n4cccc(C)c4n3)C2=O)cc1. The number of benzene rings is 1. The molecule has 4 rings (SSSR count). The van der Waals surface area contributed by atoms with E-state index in [1.165, 1.54) is 16.0 Å². The molecular formula is C23H24N4O3. The van der Waals surface area contributed by atoms with Crippen LogP contribution in [0.25, 0.3) is 5.65 Å². The Morgan fingerprint density at radius 1 is 1.10 bits per heavy atom. The van der Waals surface area contributed by atoms with Crippen molar-refractivity contribution in [2.75, 3.05) is 0 Å². The zero-order valence-electron chi connectivity index (χ0n) is 17.3. The largest absolute Gasteiger partial charge is 0.325 e. The molecule has 154 valence electrons. The summed E-state index contributed by atoms with van der Waals surface area (Å²) < 4.78 is 1.45. The van der Waals surface area contributed by atoms with Crippen LogP contribution in [0.2, 0.25) is 0 Å². The molecule has 1 unspecified atom stereocenters. The van der Waals surface area contributed by atoms with E-state index >= 15 is 0 Å². The fourth-order valence-electron chi connectivity index (χ4n) is 3.88. The summed E-state index contributed by atoms with van der Waals surface area (Å²) in [6, 6.07) is 12.3. The Morgan fingerprint density at radius 3 is 2.53 bits per heavy atom. The van der Waals surface area contributed by atoms with Crippen LogP contribution in [-0.4, -0.2) is 26.2 Å². The van der Waals surface area contributed by atoms with Crippen LogP contribution in [0.3, 0.4) is 0 Å². The number of rotatable bonds is 5. The van der Waals surface area contributed by atoms with Gasteiger partial charge in [-0.1, -0.05) is 43.7 Å². The summed E-state index contributed by atoms with van der Waals surface area (Å²) in [5.41, 5.74) is 2.25. The molecule has 3 aromatic rings. The average molecular weight is 404 g/mol. The highest BCUT2D eigenvalue weighted by molar-refractivity contribution is 6.07. The third-order valence-electron chi connectivity index (χ3n) is 5.60. The molecule has 1 saturated heterocycles. The maximum Gasteiger partial charge on any atom is 0.325 e. The summed E-state index contributed by atoms with van der Waals surface area (Å²) in [4.78, 5) is 43.9. The predicted octanol–water partition coefficient (Wildman–Crippen LogP) is 2.92. The second-order valence-electron chi connectivity index (χ2n) is 7.86. The number of imide groups is 1. The molecule has 1 N–H and O–H groups in total. The Hall–Kier alpha value is -3.48. The summed E-state index contributed by atoms with van der Waals surface area (Å²) in [7, 11) is 0. The lowest BCUT2D eigenvalue weighted by Crippen LogP contribution is -2.40. The number of fused-ring (bicyclic) bond motifs is 1. The van der Waals surface area contributed by atoms with Crippen LogP contribution in [0.4, 0.5) is 4.79 Å². The molecule has 0 spiro atoms. The molecule has 3 heterocycles. The zero-order valence-corrected chi connectivity index (χ0v) is 17.3. The molecule has 1 atom stereocenters. The summed E-state index contributed by atoms with van der Waals surface area (Å²) in [5, 5.41) is 2.81. The lowest BCUT2D eigenvalue weighted by Gasteiger charge is -2.22. The lowest BCUT2D eigenvalue weighted by molar-refractivity contribution is -0.131. The third-order valence-corrected chi connectivity index (χ3v) is 5.60. The topological polar surface area (TPSA) is 83.8 Å². The molecule has 1 aliphatic heterocycles. The van der Waals surface area contributed by atoms with Crippen LogP contribution in [0, 0.1) is 6.92 Å². The molecule has 0 aliphatic carbocycles. The first-order chi connectivity index (χ1) is 14.3. The number of aromatic nitrogens is 2. The highest BCUT2D eigenvalue weighted by atomic mass is 16.2. The molecule has 0 bridgehead atoms. The number of nitrogens with one attached hydrogen (secondary N) is 1. The van der Waals surface area contributed by atoms with E-state index < -0.39 is 11.6 Å². The molecule has 1 aliphatic rings. The van der Waals surface area contributed by atoms with Gasteiger partial charge in [0.2, 0.25) is 0 Å². The van der Waals surface area contributed by atoms with Gasteiger partial charge in [0.25, 0.3) is 11.5 Å². The van der Waals surface area contributed by atoms with Crippen molar-refractivity contribution in [2.24, 2.45) is 0 Å². The maximum atomic E-state index is 13.2. The highest BCUT2D eigenvalue weighted by Crippen LogP contribution is 2.30. The van der Waals surface area contributed by atoms with Gasteiger partial charge in [0.15, 0.2) is 0 Å². The van der Waals surface area contributed by atoms with Crippen molar-refractivity contribution in [2.45, 2.75) is 45.7 Å². The first-order valence-electron chi connectivity index (χ1n) is 10.0. The molecule has 3 amide bonds. The van der Waals surface area contributed by atoms with Gasteiger partial charge in [-0.15, -0.1) is 0 Å². The number of urea groups is 1. The minimum Gasteiger partial charge on any atom is -0.319 e. The summed E-state index contributed by atoms with van der Waals surface area (Å²) in [5.74, 6) is -0.359. The fraction of sp³-hybridized carbons (Fsp3) is 0.304. The van der Waals surface area contributed by atoms with Gasteiger partial charge in [-0.2, -0.15) is 0 Å². The summed E-state index contributed by atoms with van der Waals surface area (Å²) in [6.45, 7) is 5.61. The van der Waals surface area contributed by atoms with Gasteiger partial charge in [-0.05, 0) is 43.0 Å². The monoisotopic (exact) mass is 404 g/mol. The molecule has 1 fully saturated rings. The molecule has 0 radical (unpaired) electrons. The minimum absolute atomic E-state index is 0.0613. The van der Waals surface area contributed by atoms with Gasteiger partial charge >= 0.3 is 6.03 Å². The van der Waals surface area contributed by atoms with Crippen LogP contribution in [0.15, 0.2) is 53.5 Å². The number of carbonyl (C=O) groups is 2. The number of amides is 3. The van der Waals surface area contributed by atoms with Gasteiger partial charge in [0.1, 0.15) is 11.2 Å². The van der Waals surface area contributed by atoms with Gasteiger partial charge in [0.05, 0.1) is 12.2 Å². The predicted molar refractivity (Wildman–Crippen MR) is 113 cm³/mol. The van der Waals surface area contributed by atoms with Gasteiger partial charge in [-0.25, -0.2) is 9.78 Å².